The smallest absolute Gasteiger partial charge is 0.391 e. The van der Waals surface area contributed by atoms with Crippen molar-refractivity contribution < 1.29 is 37.9 Å². The second-order valence-corrected chi connectivity index (χ2v) is 11.8. The first-order valence-electron chi connectivity index (χ1n) is 13.0. The summed E-state index contributed by atoms with van der Waals surface area (Å²) >= 11 is 0. The second kappa shape index (κ2) is 16.6. The van der Waals surface area contributed by atoms with Crippen molar-refractivity contribution in [2.45, 2.75) is 108 Å². The van der Waals surface area contributed by atoms with Gasteiger partial charge in [-0.05, 0) is 12.8 Å². The predicted molar refractivity (Wildman–Crippen MR) is 131 cm³/mol. The Kier molecular flexibility index (Phi) is 15.6. The van der Waals surface area contributed by atoms with E-state index in [4.69, 9.17) is 24.4 Å². The summed E-state index contributed by atoms with van der Waals surface area (Å²) in [5, 5.41) is 8.39. The highest BCUT2D eigenvalue weighted by molar-refractivity contribution is 7.46. The van der Waals surface area contributed by atoms with Crippen LogP contribution in [0.3, 0.4) is 0 Å². The van der Waals surface area contributed by atoms with Crippen LogP contribution in [0.5, 0.6) is 0 Å². The van der Waals surface area contributed by atoms with Crippen LogP contribution in [0.2, 0.25) is 0 Å². The minimum absolute atomic E-state index is 0.119. The molecule has 2 fully saturated rings. The molecule has 2 aliphatic rings. The summed E-state index contributed by atoms with van der Waals surface area (Å²) in [6.45, 7) is 1.34. The van der Waals surface area contributed by atoms with Gasteiger partial charge in [-0.25, -0.2) is 4.57 Å². The van der Waals surface area contributed by atoms with E-state index in [1.807, 2.05) is 0 Å². The van der Waals surface area contributed by atoms with Crippen LogP contribution in [-0.2, 0) is 18.6 Å². The Hall–Kier alpha value is -0.0500. The first-order chi connectivity index (χ1) is 15.6. The van der Waals surface area contributed by atoms with Gasteiger partial charge < -0.3 is 28.9 Å². The van der Waals surface area contributed by atoms with Crippen LogP contribution in [0, 0.1) is 0 Å². The third-order valence-electron chi connectivity index (χ3n) is 6.23. The van der Waals surface area contributed by atoms with Crippen molar-refractivity contribution in [1.29, 1.82) is 0 Å². The van der Waals surface area contributed by atoms with Crippen molar-refractivity contribution in [1.82, 2.24) is 0 Å². The molecule has 0 bridgehead atoms. The molecule has 0 amide bonds. The van der Waals surface area contributed by atoms with E-state index in [-0.39, 0.29) is 13.2 Å². The number of phosphoric ester groups is 1. The van der Waals surface area contributed by atoms with Gasteiger partial charge in [-0.15, -0.1) is 0 Å². The van der Waals surface area contributed by atoms with Gasteiger partial charge in [0.05, 0.1) is 41.0 Å². The van der Waals surface area contributed by atoms with Crippen molar-refractivity contribution in [3.63, 3.8) is 0 Å². The van der Waals surface area contributed by atoms with Gasteiger partial charge in [0.15, 0.2) is 5.79 Å². The van der Waals surface area contributed by atoms with Crippen LogP contribution < -0.4 is 0 Å². The first-order valence-corrected chi connectivity index (χ1v) is 14.5. The molecule has 1 aliphatic heterocycles. The average Bonchev–Trinajstić information content (AvgIpc) is 3.11. The number of ether oxygens (including phenoxy) is 2. The maximum atomic E-state index is 10.9. The van der Waals surface area contributed by atoms with Crippen molar-refractivity contribution in [2.24, 2.45) is 0 Å². The van der Waals surface area contributed by atoms with Crippen molar-refractivity contribution in [3.8, 4) is 0 Å². The van der Waals surface area contributed by atoms with E-state index in [1.165, 1.54) is 70.6 Å². The monoisotopic (exact) mass is 496 g/mol. The summed E-state index contributed by atoms with van der Waals surface area (Å²) in [6, 6.07) is 0. The number of hydrogen-bond acceptors (Lipinski definition) is 5. The molecule has 33 heavy (non-hydrogen) atoms. The summed E-state index contributed by atoms with van der Waals surface area (Å²) in [5.74, 6) is -0.583. The molecular formula is C24H51NO7P+. The third kappa shape index (κ3) is 17.1. The molecule has 8 nitrogen and oxygen atoms in total. The van der Waals surface area contributed by atoms with E-state index < -0.39 is 19.7 Å². The summed E-state index contributed by atoms with van der Waals surface area (Å²) < 4.78 is 28.5. The first kappa shape index (κ1) is 31.0. The molecule has 0 aromatic heterocycles. The lowest BCUT2D eigenvalue weighted by atomic mass is 9.97. The second-order valence-electron chi connectivity index (χ2n) is 10.6. The quantitative estimate of drug-likeness (QED) is 0.372. The fraction of sp³-hybridized carbons (Fsp3) is 1.00. The normalized spacial score (nSPS) is 24.2. The number of quaternary nitrogens is 1. The molecule has 1 saturated heterocycles. The average molecular weight is 497 g/mol. The largest absolute Gasteiger partial charge is 0.469 e. The number of nitrogens with zero attached hydrogens (tertiary/aromatic N) is 1. The van der Waals surface area contributed by atoms with Gasteiger partial charge in [-0.3, -0.25) is 4.52 Å². The van der Waals surface area contributed by atoms with Crippen LogP contribution in [-0.4, -0.2) is 78.8 Å². The number of phosphoric acid groups is 1. The summed E-state index contributed by atoms with van der Waals surface area (Å²) in [5.41, 5.74) is 0. The molecule has 1 aliphatic carbocycles. The fourth-order valence-corrected chi connectivity index (χ4v) is 4.66. The van der Waals surface area contributed by atoms with E-state index in [0.29, 0.717) is 6.61 Å². The zero-order valence-electron chi connectivity index (χ0n) is 21.4. The van der Waals surface area contributed by atoms with Gasteiger partial charge in [0.2, 0.25) is 0 Å². The molecule has 0 unspecified atom stereocenters. The van der Waals surface area contributed by atoms with Gasteiger partial charge in [0.1, 0.15) is 12.6 Å². The predicted octanol–water partition coefficient (Wildman–Crippen LogP) is 4.76. The molecule has 1 heterocycles. The molecule has 2 rings (SSSR count). The highest BCUT2D eigenvalue weighted by Gasteiger charge is 2.41. The van der Waals surface area contributed by atoms with Crippen LogP contribution in [0.25, 0.3) is 0 Å². The van der Waals surface area contributed by atoms with Gasteiger partial charge in [-0.2, -0.15) is 0 Å². The van der Waals surface area contributed by atoms with Crippen LogP contribution in [0.1, 0.15) is 96.3 Å². The molecule has 1 atom stereocenters. The summed E-state index contributed by atoms with van der Waals surface area (Å²) in [7, 11) is 1.69. The lowest BCUT2D eigenvalue weighted by molar-refractivity contribution is -0.870. The maximum Gasteiger partial charge on any atom is 0.469 e. The molecule has 0 aromatic carbocycles. The van der Waals surface area contributed by atoms with Crippen LogP contribution in [0.4, 0.5) is 0 Å². The summed E-state index contributed by atoms with van der Waals surface area (Å²) in [4.78, 5) is 17.7. The van der Waals surface area contributed by atoms with E-state index in [0.717, 1.165) is 36.7 Å². The topological polar surface area (TPSA) is 105 Å². The van der Waals surface area contributed by atoms with E-state index >= 15 is 0 Å². The number of hydrogen-bond donors (Lipinski definition) is 3. The molecule has 198 valence electrons. The standard InChI is InChI=1S/C19H37O6P.C5H14NO/c20-26(21,22)24-17-18-16-23-19(25-18)14-12-10-8-6-4-2-1-3-5-7-9-11-13-15-19;1-6(2,3)4-5-7/h18H,1-17H2,(H2,20,21,22);7H,4-5H2,1-3H3/q;+1/t18-;/m1./s1. The lowest BCUT2D eigenvalue weighted by Crippen LogP contribution is -2.36. The van der Waals surface area contributed by atoms with Gasteiger partial charge in [0, 0.05) is 12.8 Å². The molecule has 3 N–H and O–H groups in total. The number of aliphatic hydroxyl groups excluding tert-OH is 1. The molecule has 9 heteroatoms. The van der Waals surface area contributed by atoms with Crippen molar-refractivity contribution in [2.75, 3.05) is 47.5 Å². The minimum atomic E-state index is -4.46. The van der Waals surface area contributed by atoms with E-state index in [2.05, 4.69) is 25.7 Å². The van der Waals surface area contributed by atoms with E-state index in [1.54, 1.807) is 0 Å². The number of aliphatic hydroxyl groups is 1. The zero-order chi connectivity index (χ0) is 24.6. The number of likely N-dealkylation sites (N-methyl/N-ethyl adjacent to an activating group) is 1. The Bertz CT molecular complexity index is 519. The van der Waals surface area contributed by atoms with Crippen LogP contribution in [0.15, 0.2) is 0 Å². The molecule has 0 aromatic rings. The Morgan fingerprint density at radius 1 is 0.848 bits per heavy atom. The molecule has 1 saturated carbocycles. The summed E-state index contributed by atoms with van der Waals surface area (Å²) in [6.07, 6.45) is 17.8. The SMILES string of the molecule is C[N+](C)(C)CCO.O=P(O)(O)OC[C@H]1COC2(CCCCCCCCCCCCCCC2)O1. The molecule has 1 spiro atoms. The highest BCUT2D eigenvalue weighted by atomic mass is 31.2. The van der Waals surface area contributed by atoms with Crippen LogP contribution >= 0.6 is 7.82 Å². The molecular weight excluding hydrogens is 445 g/mol. The zero-order valence-corrected chi connectivity index (χ0v) is 22.3. The lowest BCUT2D eigenvalue weighted by Gasteiger charge is -2.28. The van der Waals surface area contributed by atoms with Gasteiger partial charge in [0.25, 0.3) is 0 Å². The van der Waals surface area contributed by atoms with Gasteiger partial charge in [-0.1, -0.05) is 70.6 Å². The Morgan fingerprint density at radius 2 is 1.27 bits per heavy atom. The van der Waals surface area contributed by atoms with Crippen molar-refractivity contribution in [3.05, 3.63) is 0 Å². The Morgan fingerprint density at radius 3 is 1.61 bits per heavy atom. The fourth-order valence-electron chi connectivity index (χ4n) is 4.30. The third-order valence-corrected chi connectivity index (χ3v) is 6.71. The number of rotatable bonds is 5. The highest BCUT2D eigenvalue weighted by Crippen LogP contribution is 2.39. The minimum Gasteiger partial charge on any atom is -0.391 e. The van der Waals surface area contributed by atoms with Gasteiger partial charge >= 0.3 is 7.82 Å². The maximum absolute atomic E-state index is 10.9. The Labute approximate surface area is 201 Å². The van der Waals surface area contributed by atoms with E-state index in [9.17, 15) is 4.57 Å². The molecule has 0 radical (unpaired) electrons. The van der Waals surface area contributed by atoms with Crippen molar-refractivity contribution >= 4 is 7.82 Å². The Balaban J connectivity index is 0.000000675.